The number of nitrogens with zero attached hydrogens (tertiary/aromatic N) is 7. The Morgan fingerprint density at radius 2 is 1.77 bits per heavy atom. The molecule has 2 saturated heterocycles. The lowest BCUT2D eigenvalue weighted by Gasteiger charge is -2.42. The number of amides is 3. The number of pyridine rings is 1. The number of fused-ring (bicyclic) bond motifs is 3. The first kappa shape index (κ1) is 30.3. The van der Waals surface area contributed by atoms with Crippen LogP contribution in [0.15, 0.2) is 30.6 Å². The fraction of sp³-hybridized carbons (Fsp3) is 0.548. The van der Waals surface area contributed by atoms with Crippen molar-refractivity contribution in [3.63, 3.8) is 0 Å². The van der Waals surface area contributed by atoms with Crippen molar-refractivity contribution in [2.75, 3.05) is 44.5 Å². The van der Waals surface area contributed by atoms with E-state index in [-0.39, 0.29) is 35.8 Å². The van der Waals surface area contributed by atoms with Gasteiger partial charge in [-0.05, 0) is 62.3 Å². The van der Waals surface area contributed by atoms with Crippen molar-refractivity contribution in [1.29, 1.82) is 0 Å². The van der Waals surface area contributed by atoms with Crippen molar-refractivity contribution in [3.05, 3.63) is 41.9 Å². The molecule has 3 N–H and O–H groups in total. The molecule has 13 heteroatoms. The van der Waals surface area contributed by atoms with Gasteiger partial charge in [0.2, 0.25) is 11.9 Å². The molecule has 44 heavy (non-hydrogen) atoms. The number of hydrogen-bond donors (Lipinski definition) is 2. The number of piperazine rings is 1. The Morgan fingerprint density at radius 3 is 2.41 bits per heavy atom. The highest BCUT2D eigenvalue weighted by molar-refractivity contribution is 7.98. The summed E-state index contributed by atoms with van der Waals surface area (Å²) in [6.07, 6.45) is 12.0. The summed E-state index contributed by atoms with van der Waals surface area (Å²) in [6, 6.07) is 5.12. The SMILES string of the molecule is CSCC[C@@H](N)C(=O)N1C2CCC1CN(C(=O)c1ccc(Nc3ncc4cc(C(=O)N(C)C)n(C5CCCC5)c4n3)nc1)C2. The van der Waals surface area contributed by atoms with Crippen molar-refractivity contribution < 1.29 is 14.4 Å². The first-order valence-electron chi connectivity index (χ1n) is 15.4. The molecule has 3 fully saturated rings. The van der Waals surface area contributed by atoms with E-state index in [2.05, 4.69) is 19.9 Å². The van der Waals surface area contributed by atoms with E-state index in [4.69, 9.17) is 10.7 Å². The fourth-order valence-electron chi connectivity index (χ4n) is 6.87. The molecular weight excluding hydrogens is 578 g/mol. The standard InChI is InChI=1S/C31H41N9O3S/c1-37(2)30(43)25-14-20-16-34-31(36-27(20)40(25)21-6-4-5-7-21)35-26-11-8-19(15-33-26)28(41)38-17-22-9-10-23(18-38)39(22)29(42)24(32)12-13-44-3/h8,11,14-16,21-24H,4-7,9-10,12-13,17-18,32H2,1-3H3,(H,33,34,35,36)/t22?,23?,24-/m1/s1. The average molecular weight is 620 g/mol. The minimum Gasteiger partial charge on any atom is -0.343 e. The summed E-state index contributed by atoms with van der Waals surface area (Å²) in [4.78, 5) is 58.6. The molecule has 3 aliphatic rings. The van der Waals surface area contributed by atoms with E-state index < -0.39 is 6.04 Å². The predicted molar refractivity (Wildman–Crippen MR) is 171 cm³/mol. The number of anilines is 2. The fourth-order valence-corrected chi connectivity index (χ4v) is 7.36. The Morgan fingerprint density at radius 1 is 1.05 bits per heavy atom. The second kappa shape index (κ2) is 12.7. The Balaban J connectivity index is 1.14. The number of hydrogen-bond acceptors (Lipinski definition) is 9. The van der Waals surface area contributed by atoms with E-state index in [0.717, 1.165) is 55.3 Å². The Bertz CT molecular complexity index is 1520. The Kier molecular flexibility index (Phi) is 8.77. The number of rotatable bonds is 9. The summed E-state index contributed by atoms with van der Waals surface area (Å²) in [7, 11) is 3.52. The van der Waals surface area contributed by atoms with Gasteiger partial charge < -0.3 is 30.3 Å². The quantitative estimate of drug-likeness (QED) is 0.369. The van der Waals surface area contributed by atoms with E-state index in [9.17, 15) is 14.4 Å². The van der Waals surface area contributed by atoms with Crippen LogP contribution in [0.3, 0.4) is 0 Å². The molecule has 1 aliphatic carbocycles. The molecule has 3 atom stereocenters. The summed E-state index contributed by atoms with van der Waals surface area (Å²) in [6.45, 7) is 1.01. The van der Waals surface area contributed by atoms with Gasteiger partial charge in [-0.25, -0.2) is 9.97 Å². The zero-order chi connectivity index (χ0) is 31.0. The normalized spacial score (nSPS) is 20.7. The highest BCUT2D eigenvalue weighted by atomic mass is 32.2. The van der Waals surface area contributed by atoms with Gasteiger partial charge in [0.25, 0.3) is 11.8 Å². The molecule has 3 aromatic heterocycles. The second-order valence-corrected chi connectivity index (χ2v) is 13.3. The van der Waals surface area contributed by atoms with Crippen LogP contribution in [0.25, 0.3) is 11.0 Å². The van der Waals surface area contributed by atoms with Gasteiger partial charge in [0.15, 0.2) is 0 Å². The average Bonchev–Trinajstić information content (AvgIpc) is 3.75. The second-order valence-electron chi connectivity index (χ2n) is 12.3. The molecule has 12 nitrogen and oxygen atoms in total. The van der Waals surface area contributed by atoms with Crippen molar-refractivity contribution in [2.24, 2.45) is 5.73 Å². The van der Waals surface area contributed by atoms with Crippen molar-refractivity contribution in [3.8, 4) is 0 Å². The van der Waals surface area contributed by atoms with Gasteiger partial charge in [0.05, 0.1) is 11.6 Å². The molecular formula is C31H41N9O3S. The van der Waals surface area contributed by atoms with Gasteiger partial charge in [-0.1, -0.05) is 12.8 Å². The van der Waals surface area contributed by atoms with Crippen LogP contribution in [0.4, 0.5) is 11.8 Å². The smallest absolute Gasteiger partial charge is 0.270 e. The summed E-state index contributed by atoms with van der Waals surface area (Å²) < 4.78 is 2.07. The van der Waals surface area contributed by atoms with Crippen LogP contribution in [0.1, 0.15) is 71.8 Å². The molecule has 6 rings (SSSR count). The number of nitrogens with one attached hydrogen (secondary N) is 1. The van der Waals surface area contributed by atoms with Crippen LogP contribution >= 0.6 is 11.8 Å². The number of carbonyl (C=O) groups is 3. The van der Waals surface area contributed by atoms with Gasteiger partial charge >= 0.3 is 0 Å². The molecule has 2 unspecified atom stereocenters. The molecule has 3 amide bonds. The predicted octanol–water partition coefficient (Wildman–Crippen LogP) is 3.28. The van der Waals surface area contributed by atoms with Crippen molar-refractivity contribution in [1.82, 2.24) is 34.2 Å². The monoisotopic (exact) mass is 619 g/mol. The van der Waals surface area contributed by atoms with Crippen molar-refractivity contribution >= 4 is 52.3 Å². The van der Waals surface area contributed by atoms with Gasteiger partial charge in [-0.3, -0.25) is 14.4 Å². The summed E-state index contributed by atoms with van der Waals surface area (Å²) in [5.41, 5.74) is 8.05. The van der Waals surface area contributed by atoms with E-state index in [1.807, 2.05) is 22.1 Å². The van der Waals surface area contributed by atoms with Gasteiger partial charge in [0.1, 0.15) is 17.2 Å². The molecule has 0 aromatic carbocycles. The minimum absolute atomic E-state index is 0.00297. The molecule has 2 bridgehead atoms. The van der Waals surface area contributed by atoms with E-state index in [1.165, 1.54) is 0 Å². The molecule has 5 heterocycles. The topological polar surface area (TPSA) is 143 Å². The maximum Gasteiger partial charge on any atom is 0.270 e. The van der Waals surface area contributed by atoms with Crippen LogP contribution in [-0.4, -0.2) is 109 Å². The third kappa shape index (κ3) is 5.86. The lowest BCUT2D eigenvalue weighted by molar-refractivity contribution is -0.137. The molecule has 2 aliphatic heterocycles. The molecule has 0 spiro atoms. The van der Waals surface area contributed by atoms with Gasteiger partial charge in [-0.15, -0.1) is 0 Å². The maximum atomic E-state index is 13.4. The van der Waals surface area contributed by atoms with E-state index in [0.29, 0.717) is 42.5 Å². The van der Waals surface area contributed by atoms with Crippen LogP contribution < -0.4 is 11.1 Å². The first-order valence-corrected chi connectivity index (χ1v) is 16.8. The van der Waals surface area contributed by atoms with E-state index in [1.54, 1.807) is 55.3 Å². The lowest BCUT2D eigenvalue weighted by atomic mass is 10.1. The minimum atomic E-state index is -0.490. The van der Waals surface area contributed by atoms with Crippen molar-refractivity contribution in [2.45, 2.75) is 69.1 Å². The number of thioether (sulfide) groups is 1. The first-order chi connectivity index (χ1) is 21.2. The number of nitrogens with two attached hydrogens (primary N) is 1. The highest BCUT2D eigenvalue weighted by Crippen LogP contribution is 2.35. The maximum absolute atomic E-state index is 13.4. The molecule has 234 valence electrons. The van der Waals surface area contributed by atoms with Gasteiger partial charge in [0, 0.05) is 63.1 Å². The van der Waals surface area contributed by atoms with Crippen LogP contribution in [0.2, 0.25) is 0 Å². The highest BCUT2D eigenvalue weighted by Gasteiger charge is 2.45. The summed E-state index contributed by atoms with van der Waals surface area (Å²) in [5, 5.41) is 3.98. The van der Waals surface area contributed by atoms with Crippen LogP contribution in [0, 0.1) is 0 Å². The van der Waals surface area contributed by atoms with E-state index >= 15 is 0 Å². The third-order valence-electron chi connectivity index (χ3n) is 9.12. The lowest BCUT2D eigenvalue weighted by Crippen LogP contribution is -2.60. The number of likely N-dealkylation sites (tertiary alicyclic amines) is 1. The zero-order valence-electron chi connectivity index (χ0n) is 25.6. The summed E-state index contributed by atoms with van der Waals surface area (Å²) >= 11 is 1.69. The van der Waals surface area contributed by atoms with Crippen LogP contribution in [0.5, 0.6) is 0 Å². The molecule has 1 saturated carbocycles. The van der Waals surface area contributed by atoms with Crippen LogP contribution in [-0.2, 0) is 4.79 Å². The summed E-state index contributed by atoms with van der Waals surface area (Å²) in [5.74, 6) is 1.60. The van der Waals surface area contributed by atoms with Gasteiger partial charge in [-0.2, -0.15) is 16.7 Å². The zero-order valence-corrected chi connectivity index (χ0v) is 26.4. The Labute approximate surface area is 261 Å². The largest absolute Gasteiger partial charge is 0.343 e. The number of aromatic nitrogens is 4. The molecule has 3 aromatic rings. The Hall–Kier alpha value is -3.71. The molecule has 0 radical (unpaired) electrons. The number of carbonyl (C=O) groups excluding carboxylic acids is 3. The third-order valence-corrected chi connectivity index (χ3v) is 9.76.